The standard InChI is InChI=1S/C20H21N3O4S/c1-27-18-4-2-3-17(13-18)22-20(24)16-9-11-23(12-10-16)28(25,26)19-7-5-15(14-21)6-8-19/h2-8,13,16H,9-12H2,1H3,(H,22,24). The van der Waals surface area contributed by atoms with Crippen molar-refractivity contribution >= 4 is 21.6 Å². The highest BCUT2D eigenvalue weighted by Crippen LogP contribution is 2.25. The number of sulfonamides is 1. The molecule has 0 unspecified atom stereocenters. The van der Waals surface area contributed by atoms with E-state index >= 15 is 0 Å². The van der Waals surface area contributed by atoms with Gasteiger partial charge in [0.05, 0.1) is 23.6 Å². The second kappa shape index (κ2) is 8.42. The maximum atomic E-state index is 12.8. The Labute approximate surface area is 164 Å². The monoisotopic (exact) mass is 399 g/mol. The Bertz CT molecular complexity index is 989. The minimum atomic E-state index is -3.63. The van der Waals surface area contributed by atoms with Gasteiger partial charge in [0.2, 0.25) is 15.9 Å². The first kappa shape index (κ1) is 19.9. The van der Waals surface area contributed by atoms with Gasteiger partial charge >= 0.3 is 0 Å². The highest BCUT2D eigenvalue weighted by molar-refractivity contribution is 7.89. The molecule has 8 heteroatoms. The number of methoxy groups -OCH3 is 1. The molecule has 0 atom stereocenters. The highest BCUT2D eigenvalue weighted by atomic mass is 32.2. The topological polar surface area (TPSA) is 99.5 Å². The Kier molecular flexibility index (Phi) is 5.97. The van der Waals surface area contributed by atoms with Crippen molar-refractivity contribution in [2.45, 2.75) is 17.7 Å². The molecule has 1 fully saturated rings. The zero-order chi connectivity index (χ0) is 20.1. The second-order valence-electron chi connectivity index (χ2n) is 6.54. The molecule has 0 saturated carbocycles. The molecule has 1 N–H and O–H groups in total. The van der Waals surface area contributed by atoms with Gasteiger partial charge in [0.1, 0.15) is 5.75 Å². The Morgan fingerprint density at radius 2 is 1.86 bits per heavy atom. The third-order valence-corrected chi connectivity index (χ3v) is 6.70. The number of carbonyl (C=O) groups excluding carboxylic acids is 1. The molecular formula is C20H21N3O4S. The van der Waals surface area contributed by atoms with E-state index in [-0.39, 0.29) is 29.8 Å². The van der Waals surface area contributed by atoms with Gasteiger partial charge in [-0.15, -0.1) is 0 Å². The van der Waals surface area contributed by atoms with Crippen LogP contribution in [0.25, 0.3) is 0 Å². The molecule has 0 bridgehead atoms. The predicted octanol–water partition coefficient (Wildman–Crippen LogP) is 2.61. The molecule has 2 aromatic carbocycles. The van der Waals surface area contributed by atoms with Crippen molar-refractivity contribution in [3.05, 3.63) is 54.1 Å². The molecular weight excluding hydrogens is 378 g/mol. The van der Waals surface area contributed by atoms with Crippen LogP contribution in [-0.2, 0) is 14.8 Å². The first-order valence-corrected chi connectivity index (χ1v) is 10.3. The van der Waals surface area contributed by atoms with Gasteiger partial charge in [0.15, 0.2) is 0 Å². The molecule has 28 heavy (non-hydrogen) atoms. The third-order valence-electron chi connectivity index (χ3n) is 4.78. The van der Waals surface area contributed by atoms with Crippen LogP contribution >= 0.6 is 0 Å². The molecule has 1 amide bonds. The average Bonchev–Trinajstić information content (AvgIpc) is 2.74. The molecule has 0 aliphatic carbocycles. The van der Waals surface area contributed by atoms with Crippen LogP contribution in [0.2, 0.25) is 0 Å². The van der Waals surface area contributed by atoms with Crippen molar-refractivity contribution in [1.29, 1.82) is 5.26 Å². The zero-order valence-electron chi connectivity index (χ0n) is 15.5. The van der Waals surface area contributed by atoms with Gasteiger partial charge in [-0.3, -0.25) is 4.79 Å². The molecule has 1 aliphatic heterocycles. The van der Waals surface area contributed by atoms with E-state index in [4.69, 9.17) is 10.00 Å². The van der Waals surface area contributed by atoms with E-state index in [2.05, 4.69) is 5.32 Å². The lowest BCUT2D eigenvalue weighted by atomic mass is 9.97. The van der Waals surface area contributed by atoms with Crippen LogP contribution in [0, 0.1) is 17.2 Å². The minimum Gasteiger partial charge on any atom is -0.497 e. The lowest BCUT2D eigenvalue weighted by Crippen LogP contribution is -2.41. The summed E-state index contributed by atoms with van der Waals surface area (Å²) in [6.07, 6.45) is 0.899. The fourth-order valence-corrected chi connectivity index (χ4v) is 4.62. The smallest absolute Gasteiger partial charge is 0.243 e. The molecule has 0 aromatic heterocycles. The van der Waals surface area contributed by atoms with Crippen LogP contribution in [0.3, 0.4) is 0 Å². The number of nitrogens with zero attached hydrogens (tertiary/aromatic N) is 2. The number of hydrogen-bond acceptors (Lipinski definition) is 5. The van der Waals surface area contributed by atoms with Crippen molar-refractivity contribution in [2.75, 3.05) is 25.5 Å². The lowest BCUT2D eigenvalue weighted by molar-refractivity contribution is -0.120. The van der Waals surface area contributed by atoms with Gasteiger partial charge < -0.3 is 10.1 Å². The number of piperidine rings is 1. The number of carbonyl (C=O) groups is 1. The number of anilines is 1. The number of amides is 1. The largest absolute Gasteiger partial charge is 0.497 e. The van der Waals surface area contributed by atoms with E-state index in [1.54, 1.807) is 31.4 Å². The van der Waals surface area contributed by atoms with Crippen molar-refractivity contribution in [2.24, 2.45) is 5.92 Å². The van der Waals surface area contributed by atoms with Crippen LogP contribution in [0.1, 0.15) is 18.4 Å². The number of ether oxygens (including phenoxy) is 1. The number of rotatable bonds is 5. The average molecular weight is 399 g/mol. The number of nitrogens with one attached hydrogen (secondary N) is 1. The number of hydrogen-bond donors (Lipinski definition) is 1. The molecule has 1 heterocycles. The lowest BCUT2D eigenvalue weighted by Gasteiger charge is -2.30. The SMILES string of the molecule is COc1cccc(NC(=O)C2CCN(S(=O)(=O)c3ccc(C#N)cc3)CC2)c1. The summed E-state index contributed by atoms with van der Waals surface area (Å²) in [5.41, 5.74) is 1.06. The van der Waals surface area contributed by atoms with Crippen LogP contribution in [-0.4, -0.2) is 38.8 Å². The van der Waals surface area contributed by atoms with Crippen molar-refractivity contribution in [1.82, 2.24) is 4.31 Å². The highest BCUT2D eigenvalue weighted by Gasteiger charge is 2.32. The Balaban J connectivity index is 1.61. The van der Waals surface area contributed by atoms with Gasteiger partial charge in [-0.2, -0.15) is 9.57 Å². The summed E-state index contributed by atoms with van der Waals surface area (Å²) in [6.45, 7) is 0.553. The molecule has 7 nitrogen and oxygen atoms in total. The summed E-state index contributed by atoms with van der Waals surface area (Å²) >= 11 is 0. The predicted molar refractivity (Wildman–Crippen MR) is 104 cm³/mol. The quantitative estimate of drug-likeness (QED) is 0.833. The number of nitriles is 1. The fourth-order valence-electron chi connectivity index (χ4n) is 3.15. The molecule has 0 radical (unpaired) electrons. The van der Waals surface area contributed by atoms with Crippen LogP contribution in [0.4, 0.5) is 5.69 Å². The molecule has 0 spiro atoms. The van der Waals surface area contributed by atoms with Crippen molar-refractivity contribution < 1.29 is 17.9 Å². The zero-order valence-corrected chi connectivity index (χ0v) is 16.3. The first-order valence-electron chi connectivity index (χ1n) is 8.89. The van der Waals surface area contributed by atoms with E-state index in [0.717, 1.165) is 0 Å². The van der Waals surface area contributed by atoms with Crippen molar-refractivity contribution in [3.8, 4) is 11.8 Å². The van der Waals surface area contributed by atoms with Gasteiger partial charge in [-0.1, -0.05) is 6.07 Å². The summed E-state index contributed by atoms with van der Waals surface area (Å²) in [4.78, 5) is 12.7. The maximum Gasteiger partial charge on any atom is 0.243 e. The third kappa shape index (κ3) is 4.32. The van der Waals surface area contributed by atoms with E-state index in [9.17, 15) is 13.2 Å². The Morgan fingerprint density at radius 3 is 2.46 bits per heavy atom. The molecule has 3 rings (SSSR count). The summed E-state index contributed by atoms with van der Waals surface area (Å²) in [7, 11) is -2.07. The molecule has 146 valence electrons. The second-order valence-corrected chi connectivity index (χ2v) is 8.47. The molecule has 2 aromatic rings. The normalized spacial score (nSPS) is 15.6. The molecule has 1 aliphatic rings. The maximum absolute atomic E-state index is 12.8. The first-order chi connectivity index (χ1) is 13.4. The Hall–Kier alpha value is -2.89. The summed E-state index contributed by atoms with van der Waals surface area (Å²) in [6, 6.07) is 14.9. The van der Waals surface area contributed by atoms with Gasteiger partial charge in [-0.25, -0.2) is 8.42 Å². The van der Waals surface area contributed by atoms with Crippen LogP contribution in [0.5, 0.6) is 5.75 Å². The fraction of sp³-hybridized carbons (Fsp3) is 0.300. The van der Waals surface area contributed by atoms with E-state index in [1.165, 1.54) is 28.6 Å². The van der Waals surface area contributed by atoms with E-state index in [0.29, 0.717) is 29.8 Å². The Morgan fingerprint density at radius 1 is 1.18 bits per heavy atom. The summed E-state index contributed by atoms with van der Waals surface area (Å²) in [5, 5.41) is 11.7. The van der Waals surface area contributed by atoms with Gasteiger partial charge in [0, 0.05) is 30.8 Å². The molecule has 1 saturated heterocycles. The summed E-state index contributed by atoms with van der Waals surface area (Å²) < 4.78 is 32.0. The van der Waals surface area contributed by atoms with Crippen molar-refractivity contribution in [3.63, 3.8) is 0 Å². The van der Waals surface area contributed by atoms with E-state index < -0.39 is 10.0 Å². The van der Waals surface area contributed by atoms with Gasteiger partial charge in [-0.05, 0) is 49.2 Å². The van der Waals surface area contributed by atoms with Crippen LogP contribution in [0.15, 0.2) is 53.4 Å². The van der Waals surface area contributed by atoms with E-state index in [1.807, 2.05) is 6.07 Å². The minimum absolute atomic E-state index is 0.122. The summed E-state index contributed by atoms with van der Waals surface area (Å²) in [5.74, 6) is 0.281. The van der Waals surface area contributed by atoms with Gasteiger partial charge in [0.25, 0.3) is 0 Å². The number of benzene rings is 2. The van der Waals surface area contributed by atoms with Crippen LogP contribution < -0.4 is 10.1 Å².